The van der Waals surface area contributed by atoms with Crippen molar-refractivity contribution in [3.05, 3.63) is 245 Å². The van der Waals surface area contributed by atoms with E-state index in [1.807, 2.05) is 0 Å². The van der Waals surface area contributed by atoms with E-state index in [0.717, 1.165) is 29.9 Å². The number of unbranched alkanes of at least 4 members (excludes halogenated alkanes) is 16. The maximum atomic E-state index is 2.62. The first-order chi connectivity index (χ1) is 46.5. The minimum absolute atomic E-state index is 0.0385. The van der Waals surface area contributed by atoms with E-state index in [4.69, 9.17) is 0 Å². The Kier molecular flexibility index (Phi) is 20.4. The van der Waals surface area contributed by atoms with E-state index < -0.39 is 0 Å². The highest BCUT2D eigenvalue weighted by Gasteiger charge is 2.43. The average molecular weight is 1250 g/mol. The van der Waals surface area contributed by atoms with Crippen LogP contribution >= 0.6 is 0 Å². The van der Waals surface area contributed by atoms with Gasteiger partial charge in [-0.3, -0.25) is 0 Å². The van der Waals surface area contributed by atoms with Crippen LogP contribution in [0.4, 0.5) is 17.1 Å². The van der Waals surface area contributed by atoms with Gasteiger partial charge in [0.25, 0.3) is 0 Å². The lowest BCUT2D eigenvalue weighted by Gasteiger charge is -2.33. The van der Waals surface area contributed by atoms with Crippen molar-refractivity contribution < 1.29 is 0 Å². The van der Waals surface area contributed by atoms with Gasteiger partial charge in [0.1, 0.15) is 0 Å². The van der Waals surface area contributed by atoms with Crippen molar-refractivity contribution in [3.8, 4) is 55.6 Å². The summed E-state index contributed by atoms with van der Waals surface area (Å²) in [5, 5.41) is 7.87. The predicted octanol–water partition coefficient (Wildman–Crippen LogP) is 28.6. The summed E-state index contributed by atoms with van der Waals surface area (Å²) in [4.78, 5) is 2.46. The standard InChI is InChI=1S/C94H105N/c1-9-13-17-21-23-29-57-94(58-30-24-22-18-14-10-2)89-59-67(6)37-52-81(89)82-55-45-73(64-90(82)94)70-42-49-77(50-43-70)95(76-47-35-66(5)36-48-76)78-51-44-71-62-74(41-40-72(71)63-78)91-83-53-38-69(32-26-20-16-12-4)61-86(83)92(84-54-39-68(60-85(84)91)31-25-19-15-11-3)75-46-56-80-79-33-27-28-34-87(79)93(7,8)88(80)65-75/h27-28,33-56,59-65H,9-26,29-32,57-58H2,1-8H3. The highest BCUT2D eigenvalue weighted by atomic mass is 15.1. The Morgan fingerprint density at radius 2 is 0.726 bits per heavy atom. The lowest BCUT2D eigenvalue weighted by Crippen LogP contribution is -2.25. The smallest absolute Gasteiger partial charge is 0.0468 e. The summed E-state index contributed by atoms with van der Waals surface area (Å²) in [5.74, 6) is 0. The third-order valence-corrected chi connectivity index (χ3v) is 22.3. The Labute approximate surface area is 571 Å². The molecule has 0 aliphatic heterocycles. The molecule has 0 radical (unpaired) electrons. The van der Waals surface area contributed by atoms with Gasteiger partial charge >= 0.3 is 0 Å². The summed E-state index contributed by atoms with van der Waals surface area (Å²) in [5.41, 5.74) is 28.5. The second-order valence-electron chi connectivity index (χ2n) is 29.5. The maximum absolute atomic E-state index is 2.62. The molecule has 0 saturated heterocycles. The fraction of sp³-hybridized carbons (Fsp3) is 0.362. The van der Waals surface area contributed by atoms with Gasteiger partial charge < -0.3 is 4.90 Å². The lowest BCUT2D eigenvalue weighted by atomic mass is 9.70. The molecule has 0 spiro atoms. The Morgan fingerprint density at radius 1 is 0.295 bits per heavy atom. The van der Waals surface area contributed by atoms with Crippen LogP contribution in [0, 0.1) is 13.8 Å². The van der Waals surface area contributed by atoms with Crippen LogP contribution < -0.4 is 4.90 Å². The largest absolute Gasteiger partial charge is 0.310 e. The summed E-state index contributed by atoms with van der Waals surface area (Å²) in [6.07, 6.45) is 30.5. The molecule has 0 saturated carbocycles. The van der Waals surface area contributed by atoms with E-state index in [0.29, 0.717) is 0 Å². The minimum atomic E-state index is -0.0963. The Bertz CT molecular complexity index is 4460. The van der Waals surface area contributed by atoms with E-state index in [-0.39, 0.29) is 10.8 Å². The normalized spacial score (nSPS) is 13.4. The van der Waals surface area contributed by atoms with Gasteiger partial charge in [-0.2, -0.15) is 0 Å². The van der Waals surface area contributed by atoms with Crippen molar-refractivity contribution >= 4 is 49.4 Å². The van der Waals surface area contributed by atoms with E-state index in [1.54, 1.807) is 11.1 Å². The third-order valence-electron chi connectivity index (χ3n) is 22.3. The number of hydrogen-bond acceptors (Lipinski definition) is 1. The zero-order valence-electron chi connectivity index (χ0n) is 59.0. The second kappa shape index (κ2) is 29.6. The van der Waals surface area contributed by atoms with Crippen LogP contribution in [0.3, 0.4) is 0 Å². The molecule has 2 aliphatic rings. The van der Waals surface area contributed by atoms with Crippen LogP contribution in [0.2, 0.25) is 0 Å². The highest BCUT2D eigenvalue weighted by Crippen LogP contribution is 2.56. The van der Waals surface area contributed by atoms with Gasteiger partial charge in [-0.15, -0.1) is 0 Å². The molecule has 0 aromatic heterocycles. The van der Waals surface area contributed by atoms with Crippen molar-refractivity contribution in [1.82, 2.24) is 0 Å². The number of nitrogens with zero attached hydrogens (tertiary/aromatic N) is 1. The van der Waals surface area contributed by atoms with E-state index in [1.165, 1.54) is 263 Å². The number of hydrogen-bond donors (Lipinski definition) is 0. The van der Waals surface area contributed by atoms with Crippen molar-refractivity contribution in [1.29, 1.82) is 0 Å². The molecule has 0 atom stereocenters. The molecule has 0 amide bonds. The van der Waals surface area contributed by atoms with Crippen LogP contribution in [0.25, 0.3) is 88.0 Å². The molecule has 95 heavy (non-hydrogen) atoms. The quantitative estimate of drug-likeness (QED) is 0.0320. The van der Waals surface area contributed by atoms with Gasteiger partial charge in [0.05, 0.1) is 0 Å². The monoisotopic (exact) mass is 1250 g/mol. The highest BCUT2D eigenvalue weighted by molar-refractivity contribution is 6.22. The van der Waals surface area contributed by atoms with Crippen LogP contribution in [0.1, 0.15) is 227 Å². The summed E-state index contributed by atoms with van der Waals surface area (Å²) in [6, 6.07) is 79.5. The molecule has 486 valence electrons. The fourth-order valence-corrected chi connectivity index (χ4v) is 17.0. The first kappa shape index (κ1) is 65.7. The van der Waals surface area contributed by atoms with Gasteiger partial charge in [0, 0.05) is 27.9 Å². The zero-order chi connectivity index (χ0) is 65.5. The maximum Gasteiger partial charge on any atom is 0.0468 e. The number of fused-ring (bicyclic) bond motifs is 9. The minimum Gasteiger partial charge on any atom is -0.310 e. The molecule has 0 unspecified atom stereocenters. The van der Waals surface area contributed by atoms with Crippen LogP contribution in [0.5, 0.6) is 0 Å². The van der Waals surface area contributed by atoms with Gasteiger partial charge in [-0.1, -0.05) is 314 Å². The molecule has 0 heterocycles. The average Bonchev–Trinajstić information content (AvgIpc) is 1.70. The van der Waals surface area contributed by atoms with Crippen molar-refractivity contribution in [2.75, 3.05) is 4.90 Å². The number of aryl methyl sites for hydroxylation is 4. The van der Waals surface area contributed by atoms with Crippen molar-refractivity contribution in [2.45, 2.75) is 220 Å². The molecular formula is C94H105N. The summed E-state index contributed by atoms with van der Waals surface area (Å²) in [7, 11) is 0. The molecule has 0 fully saturated rings. The van der Waals surface area contributed by atoms with E-state index in [2.05, 4.69) is 260 Å². The van der Waals surface area contributed by atoms with Gasteiger partial charge in [0.2, 0.25) is 0 Å². The van der Waals surface area contributed by atoms with E-state index >= 15 is 0 Å². The van der Waals surface area contributed by atoms with Crippen molar-refractivity contribution in [3.63, 3.8) is 0 Å². The van der Waals surface area contributed by atoms with Gasteiger partial charge in [0.15, 0.2) is 0 Å². The molecule has 1 heteroatoms. The summed E-state index contributed by atoms with van der Waals surface area (Å²) >= 11 is 0. The first-order valence-electron chi connectivity index (χ1n) is 37.5. The SMILES string of the molecule is CCCCCCCCC1(CCCCCCCC)c2cc(C)ccc2-c2ccc(-c3ccc(N(c4ccc(C)cc4)c4ccc5cc(-c6c7ccc(CCCCCC)cc7c(-c7ccc8c(c7)C(C)(C)c7ccccc7-8)c7ccc(CCCCCC)cc67)ccc5c4)cc3)cc21. The molecule has 2 aliphatic carbocycles. The summed E-state index contributed by atoms with van der Waals surface area (Å²) < 4.78 is 0. The fourth-order valence-electron chi connectivity index (χ4n) is 17.0. The predicted molar refractivity (Wildman–Crippen MR) is 415 cm³/mol. The Morgan fingerprint density at radius 3 is 1.34 bits per heavy atom. The summed E-state index contributed by atoms with van der Waals surface area (Å²) in [6.45, 7) is 18.6. The van der Waals surface area contributed by atoms with Gasteiger partial charge in [-0.05, 0) is 228 Å². The Balaban J connectivity index is 0.881. The zero-order valence-corrected chi connectivity index (χ0v) is 59.0. The number of benzene rings is 11. The van der Waals surface area contributed by atoms with Gasteiger partial charge in [-0.25, -0.2) is 0 Å². The molecule has 0 N–H and O–H groups in total. The molecule has 11 aromatic carbocycles. The molecule has 1 nitrogen and oxygen atoms in total. The van der Waals surface area contributed by atoms with Crippen LogP contribution in [0.15, 0.2) is 200 Å². The van der Waals surface area contributed by atoms with Crippen LogP contribution in [-0.4, -0.2) is 0 Å². The number of rotatable bonds is 30. The Hall–Kier alpha value is -8.00. The molecule has 0 bridgehead atoms. The molecule has 11 aromatic rings. The topological polar surface area (TPSA) is 3.24 Å². The number of anilines is 3. The lowest BCUT2D eigenvalue weighted by molar-refractivity contribution is 0.398. The van der Waals surface area contributed by atoms with Crippen LogP contribution in [-0.2, 0) is 23.7 Å². The molecule has 13 rings (SSSR count). The molecular weight excluding hydrogens is 1140 g/mol. The first-order valence-corrected chi connectivity index (χ1v) is 37.5. The third kappa shape index (κ3) is 13.5. The second-order valence-corrected chi connectivity index (χ2v) is 29.5. The van der Waals surface area contributed by atoms with E-state index in [9.17, 15) is 0 Å². The van der Waals surface area contributed by atoms with Crippen molar-refractivity contribution in [2.24, 2.45) is 0 Å².